The van der Waals surface area contributed by atoms with Crippen molar-refractivity contribution in [3.05, 3.63) is 70.2 Å². The van der Waals surface area contributed by atoms with Crippen LogP contribution in [-0.2, 0) is 4.74 Å². The second-order valence-corrected chi connectivity index (χ2v) is 5.53. The molecule has 0 aliphatic carbocycles. The number of benzene rings is 2. The molecule has 0 aliphatic heterocycles. The summed E-state index contributed by atoms with van der Waals surface area (Å²) in [6.45, 7) is 1.05. The van der Waals surface area contributed by atoms with Crippen molar-refractivity contribution in [3.63, 3.8) is 0 Å². The molecule has 0 aromatic heterocycles. The van der Waals surface area contributed by atoms with Crippen LogP contribution in [0, 0.1) is 0 Å². The van der Waals surface area contributed by atoms with E-state index in [1.807, 2.05) is 36.4 Å². The van der Waals surface area contributed by atoms with Crippen molar-refractivity contribution in [2.75, 3.05) is 20.3 Å². The van der Waals surface area contributed by atoms with Gasteiger partial charge in [-0.3, -0.25) is 4.79 Å². The van der Waals surface area contributed by atoms with Gasteiger partial charge in [-0.25, -0.2) is 0 Å². The van der Waals surface area contributed by atoms with E-state index < -0.39 is 0 Å². The van der Waals surface area contributed by atoms with Crippen LogP contribution in [0.2, 0.25) is 0 Å². The van der Waals surface area contributed by atoms with E-state index in [-0.39, 0.29) is 5.78 Å². The molecule has 0 radical (unpaired) electrons. The first kappa shape index (κ1) is 16.5. The van der Waals surface area contributed by atoms with Gasteiger partial charge in [-0.05, 0) is 48.0 Å². The van der Waals surface area contributed by atoms with Gasteiger partial charge in [-0.1, -0.05) is 34.1 Å². The maximum absolute atomic E-state index is 12.1. The fraction of sp³-hybridized carbons (Fsp3) is 0.167. The summed E-state index contributed by atoms with van der Waals surface area (Å²) in [6, 6.07) is 14.9. The molecule has 0 N–H and O–H groups in total. The van der Waals surface area contributed by atoms with Crippen LogP contribution in [-0.4, -0.2) is 26.1 Å². The maximum atomic E-state index is 12.1. The Morgan fingerprint density at radius 2 is 1.91 bits per heavy atom. The lowest BCUT2D eigenvalue weighted by atomic mass is 10.1. The molecule has 0 heterocycles. The third kappa shape index (κ3) is 5.13. The fourth-order valence-corrected chi connectivity index (χ4v) is 2.10. The third-order valence-electron chi connectivity index (χ3n) is 2.97. The minimum absolute atomic E-state index is 0.0294. The molecule has 0 spiro atoms. The van der Waals surface area contributed by atoms with Gasteiger partial charge in [0.25, 0.3) is 0 Å². The lowest BCUT2D eigenvalue weighted by molar-refractivity contribution is 0.104. The summed E-state index contributed by atoms with van der Waals surface area (Å²) in [5, 5.41) is 0. The van der Waals surface area contributed by atoms with Crippen LogP contribution >= 0.6 is 15.9 Å². The average molecular weight is 361 g/mol. The Morgan fingerprint density at radius 1 is 1.14 bits per heavy atom. The Kier molecular flexibility index (Phi) is 6.37. The average Bonchev–Trinajstić information content (AvgIpc) is 2.54. The molecule has 0 bridgehead atoms. The molecule has 0 amide bonds. The molecule has 0 atom stereocenters. The van der Waals surface area contributed by atoms with Crippen molar-refractivity contribution in [1.82, 2.24) is 0 Å². The van der Waals surface area contributed by atoms with Gasteiger partial charge in [0.05, 0.1) is 6.61 Å². The zero-order valence-electron chi connectivity index (χ0n) is 12.3. The largest absolute Gasteiger partial charge is 0.491 e. The number of allylic oxidation sites excluding steroid dienone is 1. The standard InChI is InChI=1S/C18H17BrO3/c1-21-11-12-22-17-4-2-3-14(13-17)5-10-18(20)15-6-8-16(19)9-7-15/h2-10,13H,11-12H2,1H3. The Balaban J connectivity index is 2.01. The first-order valence-electron chi connectivity index (χ1n) is 6.89. The molecule has 0 saturated heterocycles. The van der Waals surface area contributed by atoms with Crippen LogP contribution in [0.3, 0.4) is 0 Å². The van der Waals surface area contributed by atoms with E-state index in [9.17, 15) is 4.79 Å². The first-order valence-corrected chi connectivity index (χ1v) is 7.68. The van der Waals surface area contributed by atoms with Gasteiger partial charge in [0.1, 0.15) is 12.4 Å². The molecule has 4 heteroatoms. The summed E-state index contributed by atoms with van der Waals surface area (Å²) in [7, 11) is 1.64. The van der Waals surface area contributed by atoms with Crippen molar-refractivity contribution < 1.29 is 14.3 Å². The van der Waals surface area contributed by atoms with Crippen LogP contribution in [0.1, 0.15) is 15.9 Å². The van der Waals surface area contributed by atoms with Crippen molar-refractivity contribution in [1.29, 1.82) is 0 Å². The van der Waals surface area contributed by atoms with Gasteiger partial charge in [-0.15, -0.1) is 0 Å². The number of carbonyl (C=O) groups excluding carboxylic acids is 1. The molecular weight excluding hydrogens is 344 g/mol. The van der Waals surface area contributed by atoms with Crippen LogP contribution in [0.25, 0.3) is 6.08 Å². The van der Waals surface area contributed by atoms with E-state index in [1.54, 1.807) is 31.4 Å². The smallest absolute Gasteiger partial charge is 0.185 e. The second-order valence-electron chi connectivity index (χ2n) is 4.62. The number of halogens is 1. The van der Waals surface area contributed by atoms with Gasteiger partial charge in [-0.2, -0.15) is 0 Å². The quantitative estimate of drug-likeness (QED) is 0.417. The van der Waals surface area contributed by atoms with E-state index in [0.717, 1.165) is 15.8 Å². The predicted octanol–water partition coefficient (Wildman–Crippen LogP) is 4.37. The molecule has 0 unspecified atom stereocenters. The zero-order chi connectivity index (χ0) is 15.8. The number of rotatable bonds is 7. The number of hydrogen-bond donors (Lipinski definition) is 0. The maximum Gasteiger partial charge on any atom is 0.185 e. The number of ether oxygens (including phenoxy) is 2. The third-order valence-corrected chi connectivity index (χ3v) is 3.50. The topological polar surface area (TPSA) is 35.5 Å². The van der Waals surface area contributed by atoms with Crippen molar-refractivity contribution >= 4 is 27.8 Å². The van der Waals surface area contributed by atoms with Crippen molar-refractivity contribution in [3.8, 4) is 5.75 Å². The Bertz CT molecular complexity index is 648. The van der Waals surface area contributed by atoms with Crippen molar-refractivity contribution in [2.24, 2.45) is 0 Å². The number of hydrogen-bond acceptors (Lipinski definition) is 3. The first-order chi connectivity index (χ1) is 10.7. The van der Waals surface area contributed by atoms with Gasteiger partial charge < -0.3 is 9.47 Å². The number of ketones is 1. The lowest BCUT2D eigenvalue weighted by Crippen LogP contribution is -2.04. The summed E-state index contributed by atoms with van der Waals surface area (Å²) in [5.41, 5.74) is 1.58. The van der Waals surface area contributed by atoms with E-state index in [0.29, 0.717) is 18.8 Å². The summed E-state index contributed by atoms with van der Waals surface area (Å²) in [6.07, 6.45) is 3.35. The highest BCUT2D eigenvalue weighted by Gasteiger charge is 2.01. The highest BCUT2D eigenvalue weighted by molar-refractivity contribution is 9.10. The van der Waals surface area contributed by atoms with Crippen LogP contribution < -0.4 is 4.74 Å². The van der Waals surface area contributed by atoms with Gasteiger partial charge in [0, 0.05) is 17.1 Å². The van der Waals surface area contributed by atoms with Gasteiger partial charge >= 0.3 is 0 Å². The summed E-state index contributed by atoms with van der Waals surface area (Å²) in [4.78, 5) is 12.1. The summed E-state index contributed by atoms with van der Waals surface area (Å²) >= 11 is 3.35. The van der Waals surface area contributed by atoms with E-state index in [1.165, 1.54) is 0 Å². The highest BCUT2D eigenvalue weighted by Crippen LogP contribution is 2.15. The predicted molar refractivity (Wildman–Crippen MR) is 91.3 cm³/mol. The lowest BCUT2D eigenvalue weighted by Gasteiger charge is -2.05. The number of carbonyl (C=O) groups is 1. The number of methoxy groups -OCH3 is 1. The molecule has 2 aromatic rings. The van der Waals surface area contributed by atoms with E-state index in [4.69, 9.17) is 9.47 Å². The summed E-state index contributed by atoms with van der Waals surface area (Å²) in [5.74, 6) is 0.730. The van der Waals surface area contributed by atoms with Crippen LogP contribution in [0.15, 0.2) is 59.1 Å². The molecule has 0 saturated carbocycles. The van der Waals surface area contributed by atoms with Crippen LogP contribution in [0.5, 0.6) is 5.75 Å². The van der Waals surface area contributed by atoms with Gasteiger partial charge in [0.15, 0.2) is 5.78 Å². The fourth-order valence-electron chi connectivity index (χ4n) is 1.83. The highest BCUT2D eigenvalue weighted by atomic mass is 79.9. The molecule has 2 aromatic carbocycles. The van der Waals surface area contributed by atoms with Crippen molar-refractivity contribution in [2.45, 2.75) is 0 Å². The molecular formula is C18H17BrO3. The van der Waals surface area contributed by atoms with Gasteiger partial charge in [0.2, 0.25) is 0 Å². The Morgan fingerprint density at radius 3 is 2.64 bits per heavy atom. The second kappa shape index (κ2) is 8.51. The normalized spacial score (nSPS) is 10.8. The molecule has 22 heavy (non-hydrogen) atoms. The molecule has 114 valence electrons. The van der Waals surface area contributed by atoms with E-state index in [2.05, 4.69) is 15.9 Å². The zero-order valence-corrected chi connectivity index (χ0v) is 13.9. The minimum atomic E-state index is -0.0294. The van der Waals surface area contributed by atoms with E-state index >= 15 is 0 Å². The van der Waals surface area contributed by atoms with Crippen LogP contribution in [0.4, 0.5) is 0 Å². The summed E-state index contributed by atoms with van der Waals surface area (Å²) < 4.78 is 11.4. The molecule has 2 rings (SSSR count). The monoisotopic (exact) mass is 360 g/mol. The Labute approximate surface area is 138 Å². The minimum Gasteiger partial charge on any atom is -0.491 e. The molecule has 3 nitrogen and oxygen atoms in total. The SMILES string of the molecule is COCCOc1cccc(C=CC(=O)c2ccc(Br)cc2)c1. The molecule has 0 aliphatic rings. The molecule has 0 fully saturated rings. The Hall–Kier alpha value is -1.91.